The fourth-order valence-electron chi connectivity index (χ4n) is 3.30. The number of aromatic nitrogens is 4. The first kappa shape index (κ1) is 20.6. The fourth-order valence-corrected chi connectivity index (χ4v) is 3.57. The second kappa shape index (κ2) is 8.23. The Morgan fingerprint density at radius 3 is 2.77 bits per heavy atom. The summed E-state index contributed by atoms with van der Waals surface area (Å²) in [6.07, 6.45) is 1.34. The summed E-state index contributed by atoms with van der Waals surface area (Å²) < 4.78 is 7.00. The number of rotatable bonds is 5. The normalized spacial score (nSPS) is 11.0. The summed E-state index contributed by atoms with van der Waals surface area (Å²) in [5.41, 5.74) is 2.22. The Kier molecular flexibility index (Phi) is 5.48. The number of fused-ring (bicyclic) bond motifs is 1. The van der Waals surface area contributed by atoms with Gasteiger partial charge < -0.3 is 14.6 Å². The predicted molar refractivity (Wildman–Crippen MR) is 119 cm³/mol. The number of ether oxygens (including phenoxy) is 1. The van der Waals surface area contributed by atoms with Gasteiger partial charge in [0.05, 0.1) is 30.4 Å². The zero-order chi connectivity index (χ0) is 22.1. The molecule has 0 aliphatic rings. The van der Waals surface area contributed by atoms with Crippen molar-refractivity contribution >= 4 is 34.2 Å². The van der Waals surface area contributed by atoms with Crippen LogP contribution in [-0.2, 0) is 11.2 Å². The van der Waals surface area contributed by atoms with Gasteiger partial charge in [-0.3, -0.25) is 9.59 Å². The minimum Gasteiger partial charge on any atom is -0.494 e. The van der Waals surface area contributed by atoms with Crippen LogP contribution in [0.15, 0.2) is 53.5 Å². The van der Waals surface area contributed by atoms with Crippen molar-refractivity contribution in [3.8, 4) is 11.4 Å². The van der Waals surface area contributed by atoms with Gasteiger partial charge in [0.1, 0.15) is 22.6 Å². The maximum atomic E-state index is 12.8. The van der Waals surface area contributed by atoms with Crippen molar-refractivity contribution in [3.63, 3.8) is 0 Å². The Bertz CT molecular complexity index is 1340. The smallest absolute Gasteiger partial charge is 0.262 e. The molecule has 2 heterocycles. The van der Waals surface area contributed by atoms with Gasteiger partial charge in [0.25, 0.3) is 5.56 Å². The Hall–Kier alpha value is -3.65. The summed E-state index contributed by atoms with van der Waals surface area (Å²) in [6.45, 7) is 1.95. The number of halogens is 1. The third kappa shape index (κ3) is 3.89. The van der Waals surface area contributed by atoms with Crippen LogP contribution < -0.4 is 15.2 Å². The van der Waals surface area contributed by atoms with Gasteiger partial charge in [0, 0.05) is 7.05 Å². The molecule has 2 aromatic carbocycles. The van der Waals surface area contributed by atoms with Gasteiger partial charge in [0.15, 0.2) is 5.65 Å². The van der Waals surface area contributed by atoms with Gasteiger partial charge in [0.2, 0.25) is 5.91 Å². The number of aromatic amines is 1. The molecule has 0 bridgehead atoms. The maximum Gasteiger partial charge on any atom is 0.262 e. The molecule has 158 valence electrons. The van der Waals surface area contributed by atoms with E-state index in [2.05, 4.69) is 15.1 Å². The van der Waals surface area contributed by atoms with Crippen LogP contribution in [0.2, 0.25) is 5.02 Å². The number of hydrogen-bond acceptors (Lipinski definition) is 5. The van der Waals surface area contributed by atoms with E-state index in [1.165, 1.54) is 15.8 Å². The van der Waals surface area contributed by atoms with Crippen LogP contribution in [0.4, 0.5) is 5.69 Å². The van der Waals surface area contributed by atoms with Crippen LogP contribution in [0.3, 0.4) is 0 Å². The van der Waals surface area contributed by atoms with E-state index in [1.54, 1.807) is 38.4 Å². The number of nitrogens with one attached hydrogen (secondary N) is 1. The number of likely N-dealkylation sites (N-methyl/N-ethyl adjacent to an activating group) is 1. The van der Waals surface area contributed by atoms with Gasteiger partial charge in [-0.05, 0) is 36.8 Å². The summed E-state index contributed by atoms with van der Waals surface area (Å²) in [5.74, 6) is 0.562. The molecule has 0 spiro atoms. The molecule has 2 aromatic heterocycles. The van der Waals surface area contributed by atoms with Crippen molar-refractivity contribution in [2.24, 2.45) is 0 Å². The van der Waals surface area contributed by atoms with Crippen molar-refractivity contribution in [2.45, 2.75) is 13.3 Å². The third-order valence-electron chi connectivity index (χ3n) is 4.96. The lowest BCUT2D eigenvalue weighted by atomic mass is 10.2. The zero-order valence-electron chi connectivity index (χ0n) is 17.2. The quantitative estimate of drug-likeness (QED) is 0.517. The molecule has 8 nitrogen and oxygen atoms in total. The molecule has 0 unspecified atom stereocenters. The second-order valence-corrected chi connectivity index (χ2v) is 7.47. The molecule has 1 N–H and O–H groups in total. The highest BCUT2D eigenvalue weighted by molar-refractivity contribution is 6.33. The van der Waals surface area contributed by atoms with E-state index in [-0.39, 0.29) is 23.7 Å². The van der Waals surface area contributed by atoms with E-state index < -0.39 is 0 Å². The van der Waals surface area contributed by atoms with Crippen molar-refractivity contribution < 1.29 is 9.53 Å². The predicted octanol–water partition coefficient (Wildman–Crippen LogP) is 3.28. The number of para-hydroxylation sites is 1. The first-order valence-electron chi connectivity index (χ1n) is 9.52. The van der Waals surface area contributed by atoms with Gasteiger partial charge >= 0.3 is 0 Å². The molecule has 0 aliphatic heterocycles. The van der Waals surface area contributed by atoms with Gasteiger partial charge in [-0.1, -0.05) is 29.8 Å². The SMILES string of the molecule is COc1cc(C)ccc1-n1ncc2c(=O)[nH]c(CC(=O)N(C)c3ccccc3Cl)nc21. The number of methoxy groups -OCH3 is 1. The topological polar surface area (TPSA) is 93.1 Å². The molecule has 0 saturated heterocycles. The highest BCUT2D eigenvalue weighted by atomic mass is 35.5. The first-order valence-corrected chi connectivity index (χ1v) is 9.90. The van der Waals surface area contributed by atoms with Crippen LogP contribution in [0.1, 0.15) is 11.4 Å². The van der Waals surface area contributed by atoms with E-state index in [9.17, 15) is 9.59 Å². The van der Waals surface area contributed by atoms with E-state index in [0.717, 1.165) is 5.56 Å². The Balaban J connectivity index is 1.72. The lowest BCUT2D eigenvalue weighted by molar-refractivity contribution is -0.117. The molecule has 31 heavy (non-hydrogen) atoms. The molecule has 0 aliphatic carbocycles. The Labute approximate surface area is 183 Å². The van der Waals surface area contributed by atoms with Crippen molar-refractivity contribution in [1.82, 2.24) is 19.7 Å². The van der Waals surface area contributed by atoms with E-state index in [4.69, 9.17) is 16.3 Å². The van der Waals surface area contributed by atoms with Gasteiger partial charge in [-0.15, -0.1) is 0 Å². The van der Waals surface area contributed by atoms with Crippen molar-refractivity contribution in [2.75, 3.05) is 19.1 Å². The number of anilines is 1. The van der Waals surface area contributed by atoms with Crippen LogP contribution in [0.25, 0.3) is 16.7 Å². The average molecular weight is 438 g/mol. The molecule has 0 fully saturated rings. The molecule has 0 atom stereocenters. The van der Waals surface area contributed by atoms with Crippen LogP contribution >= 0.6 is 11.6 Å². The summed E-state index contributed by atoms with van der Waals surface area (Å²) >= 11 is 6.19. The average Bonchev–Trinajstić information content (AvgIpc) is 3.17. The molecular formula is C22H20ClN5O3. The molecule has 4 rings (SSSR count). The van der Waals surface area contributed by atoms with Gasteiger partial charge in [-0.25, -0.2) is 9.67 Å². The Morgan fingerprint density at radius 1 is 1.26 bits per heavy atom. The van der Waals surface area contributed by atoms with Gasteiger partial charge in [-0.2, -0.15) is 5.10 Å². The first-order chi connectivity index (χ1) is 14.9. The Morgan fingerprint density at radius 2 is 2.03 bits per heavy atom. The summed E-state index contributed by atoms with van der Waals surface area (Å²) in [5, 5.41) is 5.10. The number of carbonyl (C=O) groups excluding carboxylic acids is 1. The molecule has 9 heteroatoms. The second-order valence-electron chi connectivity index (χ2n) is 7.06. The summed E-state index contributed by atoms with van der Waals surface area (Å²) in [4.78, 5) is 34.0. The lowest BCUT2D eigenvalue weighted by Gasteiger charge is -2.18. The standard InChI is InChI=1S/C22H20ClN5O3/c1-13-8-9-17(18(10-13)31-3)28-21-14(12-24-28)22(30)26-19(25-21)11-20(29)27(2)16-7-5-4-6-15(16)23/h4-10,12H,11H2,1-3H3,(H,25,26,30). The van der Waals surface area contributed by atoms with Crippen LogP contribution in [0, 0.1) is 6.92 Å². The van der Waals surface area contributed by atoms with E-state index in [0.29, 0.717) is 33.2 Å². The number of carbonyl (C=O) groups is 1. The highest BCUT2D eigenvalue weighted by Crippen LogP contribution is 2.26. The number of nitrogens with zero attached hydrogens (tertiary/aromatic N) is 4. The zero-order valence-corrected chi connectivity index (χ0v) is 18.0. The maximum absolute atomic E-state index is 12.8. The summed E-state index contributed by atoms with van der Waals surface area (Å²) in [7, 11) is 3.19. The molecular weight excluding hydrogens is 418 g/mol. The fraction of sp³-hybridized carbons (Fsp3) is 0.182. The number of benzene rings is 2. The van der Waals surface area contributed by atoms with Crippen LogP contribution in [-0.4, -0.2) is 39.8 Å². The lowest BCUT2D eigenvalue weighted by Crippen LogP contribution is -2.29. The monoisotopic (exact) mass is 437 g/mol. The highest BCUT2D eigenvalue weighted by Gasteiger charge is 2.19. The van der Waals surface area contributed by atoms with E-state index >= 15 is 0 Å². The van der Waals surface area contributed by atoms with E-state index in [1.807, 2.05) is 25.1 Å². The number of amides is 1. The molecule has 0 saturated carbocycles. The number of aryl methyl sites for hydroxylation is 1. The molecule has 1 amide bonds. The van der Waals surface area contributed by atoms with Crippen molar-refractivity contribution in [3.05, 3.63) is 75.4 Å². The number of hydrogen-bond donors (Lipinski definition) is 1. The largest absolute Gasteiger partial charge is 0.494 e. The van der Waals surface area contributed by atoms with Crippen molar-refractivity contribution in [1.29, 1.82) is 0 Å². The number of H-pyrrole nitrogens is 1. The third-order valence-corrected chi connectivity index (χ3v) is 5.28. The minimum atomic E-state index is -0.370. The molecule has 0 radical (unpaired) electrons. The molecule has 4 aromatic rings. The van der Waals surface area contributed by atoms with Crippen LogP contribution in [0.5, 0.6) is 5.75 Å². The minimum absolute atomic E-state index is 0.108. The summed E-state index contributed by atoms with van der Waals surface area (Å²) in [6, 6.07) is 12.7.